The van der Waals surface area contributed by atoms with Crippen LogP contribution in [0.3, 0.4) is 0 Å². The van der Waals surface area contributed by atoms with Crippen molar-refractivity contribution in [3.05, 3.63) is 23.2 Å². The van der Waals surface area contributed by atoms with Crippen molar-refractivity contribution in [2.45, 2.75) is 31.3 Å². The smallest absolute Gasteiger partial charge is 0.412 e. The number of amides is 1. The monoisotopic (exact) mass is 259 g/mol. The topological polar surface area (TPSA) is 38.3 Å². The molecule has 1 N–H and O–H groups in total. The van der Waals surface area contributed by atoms with Gasteiger partial charge in [-0.3, -0.25) is 5.32 Å². The second-order valence-electron chi connectivity index (χ2n) is 4.26. The van der Waals surface area contributed by atoms with E-state index in [1.807, 2.05) is 0 Å². The first kappa shape index (κ1) is 13.2. The first-order chi connectivity index (χ1) is 7.29. The zero-order valence-electron chi connectivity index (χ0n) is 9.37. The molecule has 0 fully saturated rings. The maximum Gasteiger partial charge on any atom is 0.412 e. The van der Waals surface area contributed by atoms with Crippen molar-refractivity contribution in [3.8, 4) is 0 Å². The normalized spacial score (nSPS) is 11.1. The fraction of sp³-hybridized carbons (Fsp3) is 0.364. The lowest BCUT2D eigenvalue weighted by Crippen LogP contribution is -2.27. The summed E-state index contributed by atoms with van der Waals surface area (Å²) in [4.78, 5) is 12.0. The fourth-order valence-corrected chi connectivity index (χ4v) is 1.41. The zero-order valence-corrected chi connectivity index (χ0v) is 11.0. The third kappa shape index (κ3) is 3.94. The lowest BCUT2D eigenvalue weighted by atomic mass is 10.2. The minimum Gasteiger partial charge on any atom is -0.444 e. The Morgan fingerprint density at radius 3 is 2.62 bits per heavy atom. The molecule has 16 heavy (non-hydrogen) atoms. The van der Waals surface area contributed by atoms with Crippen molar-refractivity contribution in [2.75, 3.05) is 5.32 Å². The Labute approximate surface area is 106 Å². The third-order valence-electron chi connectivity index (χ3n) is 1.62. The molecule has 0 spiro atoms. The highest BCUT2D eigenvalue weighted by Crippen LogP contribution is 2.28. The number of rotatable bonds is 1. The maximum atomic E-state index is 11.5. The Morgan fingerprint density at radius 1 is 1.44 bits per heavy atom. The number of benzene rings is 1. The van der Waals surface area contributed by atoms with Crippen molar-refractivity contribution in [3.63, 3.8) is 0 Å². The SMILES string of the molecule is CC(C)(C)OC(=O)Nc1cccc(Cl)c1S. The molecule has 1 amide bonds. The summed E-state index contributed by atoms with van der Waals surface area (Å²) >= 11 is 10.1. The number of ether oxygens (including phenoxy) is 1. The summed E-state index contributed by atoms with van der Waals surface area (Å²) in [5.41, 5.74) is 0.00413. The summed E-state index contributed by atoms with van der Waals surface area (Å²) in [6.07, 6.45) is -0.523. The largest absolute Gasteiger partial charge is 0.444 e. The highest BCUT2D eigenvalue weighted by Gasteiger charge is 2.17. The van der Waals surface area contributed by atoms with E-state index in [-0.39, 0.29) is 0 Å². The quantitative estimate of drug-likeness (QED) is 0.749. The molecule has 1 aromatic rings. The Balaban J connectivity index is 2.74. The first-order valence-electron chi connectivity index (χ1n) is 4.77. The molecule has 1 rings (SSSR count). The molecule has 0 radical (unpaired) electrons. The molecular formula is C11H14ClNO2S. The summed E-state index contributed by atoms with van der Waals surface area (Å²) in [5, 5.41) is 3.07. The summed E-state index contributed by atoms with van der Waals surface area (Å²) in [7, 11) is 0. The van der Waals surface area contributed by atoms with E-state index in [0.29, 0.717) is 15.6 Å². The Kier molecular flexibility index (Phi) is 4.10. The van der Waals surface area contributed by atoms with E-state index in [1.165, 1.54) is 0 Å². The van der Waals surface area contributed by atoms with Gasteiger partial charge in [0.1, 0.15) is 5.60 Å². The van der Waals surface area contributed by atoms with E-state index < -0.39 is 11.7 Å². The molecule has 3 nitrogen and oxygen atoms in total. The van der Waals surface area contributed by atoms with Crippen molar-refractivity contribution in [1.82, 2.24) is 0 Å². The Hall–Kier alpha value is -0.870. The van der Waals surface area contributed by atoms with Crippen LogP contribution in [0, 0.1) is 0 Å². The Bertz CT molecular complexity index is 401. The van der Waals surface area contributed by atoms with Crippen LogP contribution < -0.4 is 5.32 Å². The molecule has 0 saturated carbocycles. The molecule has 0 aliphatic heterocycles. The van der Waals surface area contributed by atoms with E-state index in [9.17, 15) is 4.79 Å². The number of hydrogen-bond donors (Lipinski definition) is 2. The van der Waals surface area contributed by atoms with Crippen molar-refractivity contribution in [2.24, 2.45) is 0 Å². The van der Waals surface area contributed by atoms with Gasteiger partial charge in [-0.25, -0.2) is 4.79 Å². The van der Waals surface area contributed by atoms with Gasteiger partial charge in [-0.2, -0.15) is 0 Å². The number of halogens is 1. The molecule has 0 bridgehead atoms. The van der Waals surface area contributed by atoms with Crippen LogP contribution in [0.2, 0.25) is 5.02 Å². The van der Waals surface area contributed by atoms with E-state index in [1.54, 1.807) is 39.0 Å². The summed E-state index contributed by atoms with van der Waals surface area (Å²) in [5.74, 6) is 0. The van der Waals surface area contributed by atoms with Crippen molar-refractivity contribution >= 4 is 36.0 Å². The van der Waals surface area contributed by atoms with Gasteiger partial charge in [0.2, 0.25) is 0 Å². The van der Waals surface area contributed by atoms with E-state index >= 15 is 0 Å². The molecule has 0 aromatic heterocycles. The molecule has 88 valence electrons. The minimum absolute atomic E-state index is 0.483. The van der Waals surface area contributed by atoms with Gasteiger partial charge in [0, 0.05) is 4.90 Å². The standard InChI is InChI=1S/C11H14ClNO2S/c1-11(2,3)15-10(14)13-8-6-4-5-7(12)9(8)16/h4-6,16H,1-3H3,(H,13,14). The van der Waals surface area contributed by atoms with Crippen LogP contribution in [0.15, 0.2) is 23.1 Å². The summed E-state index contributed by atoms with van der Waals surface area (Å²) < 4.78 is 5.11. The minimum atomic E-state index is -0.528. The number of nitrogens with one attached hydrogen (secondary N) is 1. The Morgan fingerprint density at radius 2 is 2.06 bits per heavy atom. The maximum absolute atomic E-state index is 11.5. The van der Waals surface area contributed by atoms with Crippen LogP contribution in [0.25, 0.3) is 0 Å². The van der Waals surface area contributed by atoms with Crippen LogP contribution in [-0.4, -0.2) is 11.7 Å². The van der Waals surface area contributed by atoms with Gasteiger partial charge in [-0.15, -0.1) is 12.6 Å². The van der Waals surface area contributed by atoms with Gasteiger partial charge in [0.05, 0.1) is 10.7 Å². The molecule has 0 atom stereocenters. The van der Waals surface area contributed by atoms with Gasteiger partial charge in [0.15, 0.2) is 0 Å². The lowest BCUT2D eigenvalue weighted by Gasteiger charge is -2.20. The van der Waals surface area contributed by atoms with Crippen LogP contribution in [0.4, 0.5) is 10.5 Å². The highest BCUT2D eigenvalue weighted by atomic mass is 35.5. The second-order valence-corrected chi connectivity index (χ2v) is 5.12. The van der Waals surface area contributed by atoms with Gasteiger partial charge in [-0.1, -0.05) is 17.7 Å². The number of carbonyl (C=O) groups excluding carboxylic acids is 1. The zero-order chi connectivity index (χ0) is 12.3. The van der Waals surface area contributed by atoms with Crippen LogP contribution in [0.1, 0.15) is 20.8 Å². The molecule has 0 saturated heterocycles. The van der Waals surface area contributed by atoms with Crippen LogP contribution in [0.5, 0.6) is 0 Å². The van der Waals surface area contributed by atoms with Crippen molar-refractivity contribution in [1.29, 1.82) is 0 Å². The number of anilines is 1. The second kappa shape index (κ2) is 4.97. The lowest BCUT2D eigenvalue weighted by molar-refractivity contribution is 0.0635. The molecule has 0 aliphatic rings. The van der Waals surface area contributed by atoms with E-state index in [2.05, 4.69) is 17.9 Å². The molecule has 1 aromatic carbocycles. The van der Waals surface area contributed by atoms with Crippen molar-refractivity contribution < 1.29 is 9.53 Å². The molecule has 0 unspecified atom stereocenters. The summed E-state index contributed by atoms with van der Waals surface area (Å²) in [6, 6.07) is 5.14. The van der Waals surface area contributed by atoms with E-state index in [0.717, 1.165) is 0 Å². The molecule has 5 heteroatoms. The van der Waals surface area contributed by atoms with Gasteiger partial charge in [0.25, 0.3) is 0 Å². The van der Waals surface area contributed by atoms with Gasteiger partial charge < -0.3 is 4.74 Å². The van der Waals surface area contributed by atoms with Gasteiger partial charge in [-0.05, 0) is 32.9 Å². The van der Waals surface area contributed by atoms with Crippen LogP contribution in [-0.2, 0) is 4.74 Å². The molecular weight excluding hydrogens is 246 g/mol. The third-order valence-corrected chi connectivity index (χ3v) is 2.55. The molecule has 0 heterocycles. The molecule has 0 aliphatic carbocycles. The predicted molar refractivity (Wildman–Crippen MR) is 68.6 cm³/mol. The van der Waals surface area contributed by atoms with Crippen LogP contribution >= 0.6 is 24.2 Å². The predicted octanol–water partition coefficient (Wildman–Crippen LogP) is 3.98. The fourth-order valence-electron chi connectivity index (χ4n) is 1.03. The van der Waals surface area contributed by atoms with Gasteiger partial charge >= 0.3 is 6.09 Å². The average Bonchev–Trinajstić information content (AvgIpc) is 2.09. The highest BCUT2D eigenvalue weighted by molar-refractivity contribution is 7.80. The number of hydrogen-bond acceptors (Lipinski definition) is 3. The number of carbonyl (C=O) groups is 1. The van der Waals surface area contributed by atoms with E-state index in [4.69, 9.17) is 16.3 Å². The first-order valence-corrected chi connectivity index (χ1v) is 5.59. The summed E-state index contributed by atoms with van der Waals surface area (Å²) in [6.45, 7) is 5.39. The number of thiol groups is 1. The average molecular weight is 260 g/mol.